The van der Waals surface area contributed by atoms with Crippen LogP contribution in [0.3, 0.4) is 0 Å². The molecule has 0 amide bonds. The van der Waals surface area contributed by atoms with E-state index in [1.807, 2.05) is 43.6 Å². The summed E-state index contributed by atoms with van der Waals surface area (Å²) < 4.78 is 15.4. The molecule has 0 fully saturated rings. The number of aromatic nitrogens is 4. The first kappa shape index (κ1) is 18.2. The minimum Gasteiger partial charge on any atom is -0.273 e. The molecule has 5 aromatic rings. The highest BCUT2D eigenvalue weighted by molar-refractivity contribution is 5.94. The normalized spacial score (nSPS) is 11.1. The van der Waals surface area contributed by atoms with Gasteiger partial charge < -0.3 is 0 Å². The van der Waals surface area contributed by atoms with E-state index in [1.54, 1.807) is 29.2 Å². The van der Waals surface area contributed by atoms with E-state index in [0.29, 0.717) is 5.65 Å². The zero-order valence-electron chi connectivity index (χ0n) is 16.5. The predicted octanol–water partition coefficient (Wildman–Crippen LogP) is 5.43. The van der Waals surface area contributed by atoms with Gasteiger partial charge in [-0.05, 0) is 59.5 Å². The molecule has 0 bridgehead atoms. The fourth-order valence-electron chi connectivity index (χ4n) is 3.84. The van der Waals surface area contributed by atoms with Gasteiger partial charge in [0.2, 0.25) is 0 Å². The Morgan fingerprint density at radius 1 is 0.867 bits per heavy atom. The van der Waals surface area contributed by atoms with Crippen molar-refractivity contribution in [2.24, 2.45) is 7.05 Å². The van der Waals surface area contributed by atoms with Crippen molar-refractivity contribution in [2.45, 2.75) is 6.42 Å². The Morgan fingerprint density at radius 2 is 1.60 bits per heavy atom. The molecular weight excluding hydrogens is 375 g/mol. The molecule has 5 rings (SSSR count). The van der Waals surface area contributed by atoms with Crippen LogP contribution >= 0.6 is 0 Å². The van der Waals surface area contributed by atoms with Gasteiger partial charge in [0.25, 0.3) is 0 Å². The second-order valence-electron chi connectivity index (χ2n) is 7.26. The van der Waals surface area contributed by atoms with E-state index in [1.165, 1.54) is 17.7 Å². The average Bonchev–Trinajstić information content (AvgIpc) is 3.16. The molecule has 0 unspecified atom stereocenters. The monoisotopic (exact) mass is 394 g/mol. The van der Waals surface area contributed by atoms with Crippen LogP contribution in [0, 0.1) is 5.82 Å². The lowest BCUT2D eigenvalue weighted by molar-refractivity contribution is 0.628. The Bertz CT molecular complexity index is 1310. The van der Waals surface area contributed by atoms with Gasteiger partial charge in [-0.1, -0.05) is 30.3 Å². The van der Waals surface area contributed by atoms with Crippen molar-refractivity contribution in [3.63, 3.8) is 0 Å². The summed E-state index contributed by atoms with van der Waals surface area (Å²) in [5.74, 6) is -0.271. The fourth-order valence-corrected chi connectivity index (χ4v) is 3.84. The first-order valence-corrected chi connectivity index (χ1v) is 9.75. The summed E-state index contributed by atoms with van der Waals surface area (Å²) in [6, 6.07) is 20.8. The number of hydrogen-bond donors (Lipinski definition) is 0. The lowest BCUT2D eigenvalue weighted by atomic mass is 9.90. The third-order valence-electron chi connectivity index (χ3n) is 5.20. The molecule has 0 spiro atoms. The van der Waals surface area contributed by atoms with Crippen molar-refractivity contribution < 1.29 is 4.39 Å². The number of fused-ring (bicyclic) bond motifs is 1. The number of halogens is 1. The van der Waals surface area contributed by atoms with E-state index in [2.05, 4.69) is 22.2 Å². The zero-order chi connectivity index (χ0) is 20.5. The summed E-state index contributed by atoms with van der Waals surface area (Å²) in [5, 5.41) is 5.59. The topological polar surface area (TPSA) is 43.6 Å². The Balaban J connectivity index is 1.85. The minimum atomic E-state index is -0.271. The van der Waals surface area contributed by atoms with Crippen molar-refractivity contribution in [3.05, 3.63) is 102 Å². The summed E-state index contributed by atoms with van der Waals surface area (Å²) >= 11 is 0. The van der Waals surface area contributed by atoms with Gasteiger partial charge in [0, 0.05) is 42.2 Å². The first-order chi connectivity index (χ1) is 14.7. The summed E-state index contributed by atoms with van der Waals surface area (Å²) in [5.41, 5.74) is 6.71. The molecule has 4 nitrogen and oxygen atoms in total. The smallest absolute Gasteiger partial charge is 0.182 e. The molecule has 0 atom stereocenters. The quantitative estimate of drug-likeness (QED) is 0.408. The molecule has 0 radical (unpaired) electrons. The molecule has 0 aliphatic heterocycles. The van der Waals surface area contributed by atoms with E-state index >= 15 is 0 Å². The van der Waals surface area contributed by atoms with E-state index in [-0.39, 0.29) is 5.82 Å². The van der Waals surface area contributed by atoms with Crippen LogP contribution in [-0.4, -0.2) is 19.7 Å². The summed E-state index contributed by atoms with van der Waals surface area (Å²) in [4.78, 5) is 9.08. The van der Waals surface area contributed by atoms with Crippen LogP contribution in [0.1, 0.15) is 11.1 Å². The summed E-state index contributed by atoms with van der Waals surface area (Å²) in [7, 11) is 1.90. The molecule has 0 saturated heterocycles. The Labute approximate surface area is 173 Å². The van der Waals surface area contributed by atoms with Crippen LogP contribution in [0.25, 0.3) is 33.4 Å². The number of rotatable bonds is 4. The van der Waals surface area contributed by atoms with E-state index in [9.17, 15) is 4.39 Å². The van der Waals surface area contributed by atoms with Gasteiger partial charge in [0.05, 0.1) is 5.69 Å². The van der Waals surface area contributed by atoms with Gasteiger partial charge in [-0.3, -0.25) is 9.67 Å². The molecule has 0 saturated carbocycles. The maximum Gasteiger partial charge on any atom is 0.182 e. The zero-order valence-corrected chi connectivity index (χ0v) is 16.5. The molecular formula is C25H19FN4. The highest BCUT2D eigenvalue weighted by atomic mass is 19.1. The number of benzene rings is 2. The number of hydrogen-bond acceptors (Lipinski definition) is 3. The summed E-state index contributed by atoms with van der Waals surface area (Å²) in [6.07, 6.45) is 6.31. The van der Waals surface area contributed by atoms with Gasteiger partial charge in [0.1, 0.15) is 5.82 Å². The van der Waals surface area contributed by atoms with Crippen LogP contribution in [0.2, 0.25) is 0 Å². The first-order valence-electron chi connectivity index (χ1n) is 9.75. The molecule has 30 heavy (non-hydrogen) atoms. The molecule has 0 aliphatic carbocycles. The lowest BCUT2D eigenvalue weighted by Crippen LogP contribution is -2.00. The highest BCUT2D eigenvalue weighted by Gasteiger charge is 2.20. The number of pyridine rings is 2. The third-order valence-corrected chi connectivity index (χ3v) is 5.20. The van der Waals surface area contributed by atoms with Crippen LogP contribution < -0.4 is 0 Å². The largest absolute Gasteiger partial charge is 0.273 e. The minimum absolute atomic E-state index is 0.271. The average molecular weight is 394 g/mol. The molecule has 0 N–H and O–H groups in total. The van der Waals surface area contributed by atoms with Crippen LogP contribution in [0.15, 0.2) is 85.3 Å². The number of nitrogens with zero attached hydrogens (tertiary/aromatic N) is 4. The van der Waals surface area contributed by atoms with Crippen molar-refractivity contribution in [3.8, 4) is 22.4 Å². The maximum absolute atomic E-state index is 13.6. The van der Waals surface area contributed by atoms with Crippen LogP contribution in [-0.2, 0) is 13.5 Å². The van der Waals surface area contributed by atoms with Gasteiger partial charge >= 0.3 is 0 Å². The fraction of sp³-hybridized carbons (Fsp3) is 0.0800. The Kier molecular flexibility index (Phi) is 4.56. The van der Waals surface area contributed by atoms with Crippen molar-refractivity contribution in [2.75, 3.05) is 0 Å². The second kappa shape index (κ2) is 7.52. The van der Waals surface area contributed by atoms with Crippen molar-refractivity contribution in [1.29, 1.82) is 0 Å². The standard InChI is InChI=1S/C25H19FN4/c1-30-16-22-21(15-17-5-3-2-4-6-17)23(18-11-13-27-14-12-18)24(28-25(22)29-30)19-7-9-20(26)10-8-19/h2-14,16H,15H2,1H3. The van der Waals surface area contributed by atoms with Gasteiger partial charge in [0.15, 0.2) is 5.65 Å². The molecule has 0 aliphatic rings. The molecule has 3 heterocycles. The third kappa shape index (κ3) is 3.35. The van der Waals surface area contributed by atoms with Gasteiger partial charge in [-0.2, -0.15) is 5.10 Å². The van der Waals surface area contributed by atoms with Crippen molar-refractivity contribution in [1.82, 2.24) is 19.7 Å². The van der Waals surface area contributed by atoms with E-state index in [4.69, 9.17) is 4.98 Å². The van der Waals surface area contributed by atoms with Gasteiger partial charge in [-0.15, -0.1) is 0 Å². The lowest BCUT2D eigenvalue weighted by Gasteiger charge is -2.16. The second-order valence-corrected chi connectivity index (χ2v) is 7.26. The van der Waals surface area contributed by atoms with Crippen molar-refractivity contribution >= 4 is 11.0 Å². The maximum atomic E-state index is 13.6. The molecule has 5 heteroatoms. The van der Waals surface area contributed by atoms with Crippen LogP contribution in [0.4, 0.5) is 4.39 Å². The van der Waals surface area contributed by atoms with E-state index < -0.39 is 0 Å². The van der Waals surface area contributed by atoms with Crippen LogP contribution in [0.5, 0.6) is 0 Å². The highest BCUT2D eigenvalue weighted by Crippen LogP contribution is 2.38. The molecule has 2 aromatic carbocycles. The molecule has 3 aromatic heterocycles. The molecule has 146 valence electrons. The van der Waals surface area contributed by atoms with E-state index in [0.717, 1.165) is 39.8 Å². The Morgan fingerprint density at radius 3 is 2.33 bits per heavy atom. The number of aryl methyl sites for hydroxylation is 1. The Hall–Kier alpha value is -3.86. The predicted molar refractivity (Wildman–Crippen MR) is 116 cm³/mol. The van der Waals surface area contributed by atoms with Gasteiger partial charge in [-0.25, -0.2) is 9.37 Å². The summed E-state index contributed by atoms with van der Waals surface area (Å²) in [6.45, 7) is 0. The SMILES string of the molecule is Cn1cc2c(Cc3ccccc3)c(-c3ccncc3)c(-c3ccc(F)cc3)nc2n1.